The monoisotopic (exact) mass is 370 g/mol. The highest BCUT2D eigenvalue weighted by molar-refractivity contribution is 7.20. The number of hydrogen-bond acceptors (Lipinski definition) is 5. The van der Waals surface area contributed by atoms with Crippen molar-refractivity contribution in [3.8, 4) is 5.13 Å². The Hall–Kier alpha value is -2.25. The summed E-state index contributed by atoms with van der Waals surface area (Å²) in [7, 11) is 0. The van der Waals surface area contributed by atoms with Crippen LogP contribution in [0.25, 0.3) is 15.3 Å². The normalized spacial score (nSPS) is 17.7. The minimum Gasteiger partial charge on any atom is -0.376 e. The molecule has 0 amide bonds. The van der Waals surface area contributed by atoms with E-state index >= 15 is 0 Å². The van der Waals surface area contributed by atoms with E-state index in [4.69, 9.17) is 4.74 Å². The first-order valence-electron chi connectivity index (χ1n) is 9.07. The number of hydrogen-bond donors (Lipinski definition) is 1. The lowest BCUT2D eigenvalue weighted by molar-refractivity contribution is 0.118. The van der Waals surface area contributed by atoms with Gasteiger partial charge in [-0.3, -0.25) is 14.9 Å². The van der Waals surface area contributed by atoms with Crippen LogP contribution < -0.4 is 5.56 Å². The van der Waals surface area contributed by atoms with Gasteiger partial charge in [0.05, 0.1) is 28.4 Å². The molecule has 1 N–H and O–H groups in total. The van der Waals surface area contributed by atoms with Crippen LogP contribution in [-0.4, -0.2) is 40.2 Å². The third kappa shape index (κ3) is 3.37. The minimum absolute atomic E-state index is 0.0939. The highest BCUT2D eigenvalue weighted by atomic mass is 32.1. The molecular weight excluding hydrogens is 348 g/mol. The summed E-state index contributed by atoms with van der Waals surface area (Å²) in [4.78, 5) is 22.0. The van der Waals surface area contributed by atoms with Crippen molar-refractivity contribution in [3.63, 3.8) is 0 Å². The van der Waals surface area contributed by atoms with Crippen molar-refractivity contribution in [2.75, 3.05) is 13.2 Å². The van der Waals surface area contributed by atoms with Gasteiger partial charge in [0.25, 0.3) is 5.56 Å². The maximum Gasteiger partial charge on any atom is 0.282 e. The summed E-state index contributed by atoms with van der Waals surface area (Å²) in [6.45, 7) is 3.52. The molecule has 1 saturated heterocycles. The molecular formula is C19H22N4O2S. The predicted molar refractivity (Wildman–Crippen MR) is 105 cm³/mol. The van der Waals surface area contributed by atoms with Crippen LogP contribution in [0.5, 0.6) is 0 Å². The van der Waals surface area contributed by atoms with Crippen LogP contribution in [0.4, 0.5) is 0 Å². The maximum atomic E-state index is 12.9. The average molecular weight is 370 g/mol. The Balaban J connectivity index is 1.67. The first-order valence-corrected chi connectivity index (χ1v) is 9.89. The summed E-state index contributed by atoms with van der Waals surface area (Å²) in [5.41, 5.74) is 2.35. The van der Waals surface area contributed by atoms with Gasteiger partial charge in [-0.1, -0.05) is 36.8 Å². The quantitative estimate of drug-likeness (QED) is 0.677. The molecule has 7 heteroatoms. The van der Waals surface area contributed by atoms with Crippen molar-refractivity contribution in [2.24, 2.45) is 4.99 Å². The van der Waals surface area contributed by atoms with Crippen molar-refractivity contribution >= 4 is 27.8 Å². The molecule has 0 spiro atoms. The van der Waals surface area contributed by atoms with Gasteiger partial charge in [-0.05, 0) is 31.4 Å². The van der Waals surface area contributed by atoms with Gasteiger partial charge in [0.1, 0.15) is 0 Å². The fraction of sp³-hybridized carbons (Fsp3) is 0.421. The van der Waals surface area contributed by atoms with E-state index in [1.807, 2.05) is 24.3 Å². The number of fused-ring (bicyclic) bond motifs is 1. The zero-order valence-corrected chi connectivity index (χ0v) is 15.6. The molecule has 1 fully saturated rings. The van der Waals surface area contributed by atoms with Gasteiger partial charge in [0.15, 0.2) is 0 Å². The maximum absolute atomic E-state index is 12.9. The second kappa shape index (κ2) is 7.55. The Morgan fingerprint density at radius 3 is 3.12 bits per heavy atom. The van der Waals surface area contributed by atoms with Gasteiger partial charge in [-0.15, -0.1) is 0 Å². The molecule has 0 aliphatic carbocycles. The molecule has 1 atom stereocenters. The Kier molecular flexibility index (Phi) is 4.99. The summed E-state index contributed by atoms with van der Waals surface area (Å²) in [6, 6.07) is 7.91. The number of aromatic nitrogens is 3. The third-order valence-electron chi connectivity index (χ3n) is 4.53. The van der Waals surface area contributed by atoms with E-state index < -0.39 is 0 Å². The fourth-order valence-corrected chi connectivity index (χ4v) is 4.13. The molecule has 26 heavy (non-hydrogen) atoms. The molecule has 0 saturated carbocycles. The van der Waals surface area contributed by atoms with E-state index in [1.54, 1.807) is 10.9 Å². The summed E-state index contributed by atoms with van der Waals surface area (Å²) in [5.74, 6) is 0. The molecule has 0 unspecified atom stereocenters. The lowest BCUT2D eigenvalue weighted by Gasteiger charge is -2.03. The lowest BCUT2D eigenvalue weighted by atomic mass is 10.2. The Morgan fingerprint density at radius 2 is 2.35 bits per heavy atom. The largest absolute Gasteiger partial charge is 0.376 e. The Morgan fingerprint density at radius 1 is 1.46 bits per heavy atom. The van der Waals surface area contributed by atoms with E-state index in [0.29, 0.717) is 17.2 Å². The van der Waals surface area contributed by atoms with Gasteiger partial charge >= 0.3 is 0 Å². The van der Waals surface area contributed by atoms with E-state index in [-0.39, 0.29) is 11.7 Å². The molecule has 136 valence electrons. The van der Waals surface area contributed by atoms with Crippen molar-refractivity contribution in [1.29, 1.82) is 0 Å². The number of aliphatic imine (C=N–C) groups is 1. The van der Waals surface area contributed by atoms with Crippen LogP contribution in [0.1, 0.15) is 37.4 Å². The van der Waals surface area contributed by atoms with E-state index in [2.05, 4.69) is 22.0 Å². The van der Waals surface area contributed by atoms with Gasteiger partial charge < -0.3 is 4.74 Å². The SMILES string of the molecule is CCCc1[nH]n(-c2nc3ccccc3s2)c(=O)c1C=NC[C@@H]1CCCO1. The highest BCUT2D eigenvalue weighted by Crippen LogP contribution is 2.23. The summed E-state index contributed by atoms with van der Waals surface area (Å²) < 4.78 is 8.20. The lowest BCUT2D eigenvalue weighted by Crippen LogP contribution is -2.17. The molecule has 2 aromatic heterocycles. The number of benzene rings is 1. The third-order valence-corrected chi connectivity index (χ3v) is 5.55. The van der Waals surface area contributed by atoms with E-state index in [1.165, 1.54) is 11.3 Å². The molecule has 0 bridgehead atoms. The van der Waals surface area contributed by atoms with Gasteiger partial charge in [-0.25, -0.2) is 4.98 Å². The number of nitrogens with one attached hydrogen (secondary N) is 1. The van der Waals surface area contributed by atoms with Gasteiger partial charge in [0, 0.05) is 18.5 Å². The van der Waals surface area contributed by atoms with Crippen LogP contribution in [0.3, 0.4) is 0 Å². The molecule has 3 aromatic rings. The molecule has 4 rings (SSSR count). The van der Waals surface area contributed by atoms with E-state index in [0.717, 1.165) is 48.2 Å². The number of ether oxygens (including phenoxy) is 1. The minimum atomic E-state index is -0.0939. The van der Waals surface area contributed by atoms with Crippen LogP contribution >= 0.6 is 11.3 Å². The first kappa shape index (κ1) is 17.2. The van der Waals surface area contributed by atoms with Crippen LogP contribution in [-0.2, 0) is 11.2 Å². The number of aromatic amines is 1. The van der Waals surface area contributed by atoms with E-state index in [9.17, 15) is 4.79 Å². The number of thiazole rings is 1. The molecule has 1 aliphatic rings. The van der Waals surface area contributed by atoms with Gasteiger partial charge in [0.2, 0.25) is 5.13 Å². The fourth-order valence-electron chi connectivity index (χ4n) is 3.21. The topological polar surface area (TPSA) is 72.3 Å². The summed E-state index contributed by atoms with van der Waals surface area (Å²) in [6.07, 6.45) is 5.78. The molecule has 3 heterocycles. The smallest absolute Gasteiger partial charge is 0.282 e. The Bertz CT molecular complexity index is 946. The number of aryl methyl sites for hydroxylation is 1. The van der Waals surface area contributed by atoms with Crippen LogP contribution in [0.15, 0.2) is 34.1 Å². The number of para-hydroxylation sites is 1. The van der Waals surface area contributed by atoms with Crippen LogP contribution in [0.2, 0.25) is 0 Å². The second-order valence-electron chi connectivity index (χ2n) is 6.49. The van der Waals surface area contributed by atoms with Crippen molar-refractivity contribution in [1.82, 2.24) is 14.8 Å². The first-order chi connectivity index (χ1) is 12.8. The summed E-state index contributed by atoms with van der Waals surface area (Å²) >= 11 is 1.51. The number of nitrogens with zero attached hydrogens (tertiary/aromatic N) is 3. The van der Waals surface area contributed by atoms with Crippen molar-refractivity contribution < 1.29 is 4.74 Å². The number of H-pyrrole nitrogens is 1. The standard InChI is InChI=1S/C19H22N4O2S/c1-2-6-15-14(12-20-11-13-7-5-10-25-13)18(24)23(22-15)19-21-16-8-3-4-9-17(16)26-19/h3-4,8-9,12-13,22H,2,5-7,10-11H2,1H3/t13-/m0/s1. The zero-order valence-electron chi connectivity index (χ0n) is 14.8. The Labute approximate surface area is 155 Å². The predicted octanol–water partition coefficient (Wildman–Crippen LogP) is 3.33. The average Bonchev–Trinajstić information content (AvgIpc) is 3.36. The van der Waals surface area contributed by atoms with Crippen molar-refractivity contribution in [3.05, 3.63) is 45.9 Å². The molecule has 1 aromatic carbocycles. The van der Waals surface area contributed by atoms with Crippen molar-refractivity contribution in [2.45, 2.75) is 38.7 Å². The highest BCUT2D eigenvalue weighted by Gasteiger charge is 2.17. The number of rotatable bonds is 6. The molecule has 0 radical (unpaired) electrons. The van der Waals surface area contributed by atoms with Crippen LogP contribution in [0, 0.1) is 0 Å². The molecule has 6 nitrogen and oxygen atoms in total. The second-order valence-corrected chi connectivity index (χ2v) is 7.50. The summed E-state index contributed by atoms with van der Waals surface area (Å²) in [5, 5.41) is 3.90. The zero-order chi connectivity index (χ0) is 17.9. The van der Waals surface area contributed by atoms with Gasteiger partial charge in [-0.2, -0.15) is 4.68 Å². The molecule has 1 aliphatic heterocycles.